The lowest BCUT2D eigenvalue weighted by molar-refractivity contribution is -0.132. The molecule has 2 aromatic rings. The maximum Gasteiger partial charge on any atom is 0.247 e. The summed E-state index contributed by atoms with van der Waals surface area (Å²) in [6.07, 6.45) is 1.64. The van der Waals surface area contributed by atoms with Gasteiger partial charge in [-0.2, -0.15) is 0 Å². The number of fused-ring (bicyclic) bond motifs is 1. The number of carbonyl (C=O) groups is 1. The van der Waals surface area contributed by atoms with Gasteiger partial charge in [-0.05, 0) is 37.6 Å². The molecule has 0 saturated carbocycles. The van der Waals surface area contributed by atoms with Crippen LogP contribution in [-0.2, 0) is 4.79 Å². The molecule has 1 aromatic heterocycles. The van der Waals surface area contributed by atoms with Crippen LogP contribution in [0.3, 0.4) is 0 Å². The van der Waals surface area contributed by atoms with Gasteiger partial charge >= 0.3 is 0 Å². The quantitative estimate of drug-likeness (QED) is 0.875. The summed E-state index contributed by atoms with van der Waals surface area (Å²) < 4.78 is 11.1. The van der Waals surface area contributed by atoms with Crippen molar-refractivity contribution in [3.05, 3.63) is 30.5 Å². The third-order valence-corrected chi connectivity index (χ3v) is 4.11. The van der Waals surface area contributed by atoms with E-state index in [4.69, 9.17) is 9.47 Å². The van der Waals surface area contributed by atoms with Gasteiger partial charge in [0.25, 0.3) is 0 Å². The summed E-state index contributed by atoms with van der Waals surface area (Å²) in [6, 6.07) is 7.19. The predicted octanol–water partition coefficient (Wildman–Crippen LogP) is 2.50. The molecule has 1 aliphatic rings. The molecule has 2 heterocycles. The van der Waals surface area contributed by atoms with Crippen LogP contribution in [0.4, 0.5) is 5.82 Å². The Morgan fingerprint density at radius 3 is 2.50 bits per heavy atom. The average molecular weight is 357 g/mol. The Kier molecular flexibility index (Phi) is 4.63. The molecule has 0 unspecified atom stereocenters. The number of hydrogen-bond acceptors (Lipinski definition) is 6. The highest BCUT2D eigenvalue weighted by atomic mass is 16.6. The monoisotopic (exact) mass is 357 g/mol. The Labute approximate surface area is 152 Å². The van der Waals surface area contributed by atoms with E-state index in [9.17, 15) is 9.90 Å². The first kappa shape index (κ1) is 17.8. The zero-order valence-corrected chi connectivity index (χ0v) is 15.4. The van der Waals surface area contributed by atoms with Crippen molar-refractivity contribution in [2.24, 2.45) is 0 Å². The molecule has 1 aliphatic heterocycles. The molecule has 0 saturated heterocycles. The third kappa shape index (κ3) is 3.51. The summed E-state index contributed by atoms with van der Waals surface area (Å²) in [6.45, 7) is 4.53. The molecule has 0 atom stereocenters. The molecule has 0 bridgehead atoms. The van der Waals surface area contributed by atoms with Crippen LogP contribution < -0.4 is 14.8 Å². The maximum atomic E-state index is 12.2. The van der Waals surface area contributed by atoms with Crippen LogP contribution in [0.1, 0.15) is 13.8 Å². The van der Waals surface area contributed by atoms with Gasteiger partial charge < -0.3 is 24.8 Å². The van der Waals surface area contributed by atoms with E-state index >= 15 is 0 Å². The molecule has 0 fully saturated rings. The van der Waals surface area contributed by atoms with Gasteiger partial charge in [-0.15, -0.1) is 0 Å². The van der Waals surface area contributed by atoms with Crippen LogP contribution in [-0.4, -0.2) is 53.7 Å². The van der Waals surface area contributed by atoms with Crippen LogP contribution in [0.2, 0.25) is 0 Å². The standard InChI is InChI=1S/C19H23N3O4/c1-19(2,18(24)22(3)4)21-17-14(23)9-13(11-20-17)12-5-6-15-16(10-12)26-8-7-25-15/h5-6,9-11,23H,7-8H2,1-4H3,(H,20,21). The molecule has 0 radical (unpaired) electrons. The fourth-order valence-electron chi connectivity index (χ4n) is 2.84. The van der Waals surface area contributed by atoms with Crippen molar-refractivity contribution >= 4 is 11.7 Å². The van der Waals surface area contributed by atoms with Gasteiger partial charge in [0.2, 0.25) is 5.91 Å². The number of aromatic hydroxyl groups is 1. The highest BCUT2D eigenvalue weighted by Crippen LogP contribution is 2.36. The van der Waals surface area contributed by atoms with Crippen molar-refractivity contribution in [2.45, 2.75) is 19.4 Å². The SMILES string of the molecule is CN(C)C(=O)C(C)(C)Nc1ncc(-c2ccc3c(c2)OCCO3)cc1O. The van der Waals surface area contributed by atoms with Crippen molar-refractivity contribution < 1.29 is 19.4 Å². The van der Waals surface area contributed by atoms with E-state index in [0.717, 1.165) is 11.1 Å². The molecule has 7 heteroatoms. The van der Waals surface area contributed by atoms with Gasteiger partial charge in [0.15, 0.2) is 23.1 Å². The van der Waals surface area contributed by atoms with Crippen molar-refractivity contribution in [3.63, 3.8) is 0 Å². The summed E-state index contributed by atoms with van der Waals surface area (Å²) in [7, 11) is 3.37. The van der Waals surface area contributed by atoms with E-state index in [0.29, 0.717) is 24.7 Å². The molecule has 7 nitrogen and oxygen atoms in total. The number of ether oxygens (including phenoxy) is 2. The van der Waals surface area contributed by atoms with Crippen LogP contribution in [0, 0.1) is 0 Å². The maximum absolute atomic E-state index is 12.2. The number of anilines is 1. The molecule has 1 amide bonds. The third-order valence-electron chi connectivity index (χ3n) is 4.11. The lowest BCUT2D eigenvalue weighted by Crippen LogP contribution is -2.47. The van der Waals surface area contributed by atoms with E-state index in [-0.39, 0.29) is 17.5 Å². The lowest BCUT2D eigenvalue weighted by atomic mass is 10.0. The molecule has 2 N–H and O–H groups in total. The van der Waals surface area contributed by atoms with Gasteiger partial charge in [-0.3, -0.25) is 4.79 Å². The van der Waals surface area contributed by atoms with Crippen LogP contribution in [0.15, 0.2) is 30.5 Å². The minimum absolute atomic E-state index is 0.0305. The number of aromatic nitrogens is 1. The highest BCUT2D eigenvalue weighted by Gasteiger charge is 2.30. The minimum atomic E-state index is -0.896. The van der Waals surface area contributed by atoms with Crippen LogP contribution in [0.5, 0.6) is 17.2 Å². The highest BCUT2D eigenvalue weighted by molar-refractivity contribution is 5.88. The summed E-state index contributed by atoms with van der Waals surface area (Å²) in [5.41, 5.74) is 0.695. The van der Waals surface area contributed by atoms with Gasteiger partial charge in [-0.25, -0.2) is 4.98 Å². The van der Waals surface area contributed by atoms with Crippen LogP contribution >= 0.6 is 0 Å². The molecule has 1 aromatic carbocycles. The summed E-state index contributed by atoms with van der Waals surface area (Å²) in [4.78, 5) is 18.0. The summed E-state index contributed by atoms with van der Waals surface area (Å²) >= 11 is 0. The first-order chi connectivity index (χ1) is 12.3. The Morgan fingerprint density at radius 2 is 1.85 bits per heavy atom. The number of rotatable bonds is 4. The number of pyridine rings is 1. The fraction of sp³-hybridized carbons (Fsp3) is 0.368. The van der Waals surface area contributed by atoms with E-state index in [1.165, 1.54) is 4.90 Å². The lowest BCUT2D eigenvalue weighted by Gasteiger charge is -2.29. The molecular formula is C19H23N3O4. The molecule has 26 heavy (non-hydrogen) atoms. The zero-order valence-electron chi connectivity index (χ0n) is 15.4. The number of amides is 1. The average Bonchev–Trinajstić information content (AvgIpc) is 2.62. The molecule has 138 valence electrons. The van der Waals surface area contributed by atoms with Crippen molar-refractivity contribution in [1.29, 1.82) is 0 Å². The number of carbonyl (C=O) groups excluding carboxylic acids is 1. The largest absolute Gasteiger partial charge is 0.504 e. The Bertz CT molecular complexity index is 834. The second kappa shape index (κ2) is 6.74. The molecule has 0 spiro atoms. The first-order valence-electron chi connectivity index (χ1n) is 8.37. The molecule has 3 rings (SSSR count). The van der Waals surface area contributed by atoms with Gasteiger partial charge in [0.05, 0.1) is 0 Å². The number of nitrogens with one attached hydrogen (secondary N) is 1. The van der Waals surface area contributed by atoms with E-state index in [1.54, 1.807) is 40.2 Å². The Hall–Kier alpha value is -2.96. The Balaban J connectivity index is 1.85. The van der Waals surface area contributed by atoms with Crippen molar-refractivity contribution in [3.8, 4) is 28.4 Å². The Morgan fingerprint density at radius 1 is 1.15 bits per heavy atom. The smallest absolute Gasteiger partial charge is 0.247 e. The number of hydrogen-bond donors (Lipinski definition) is 2. The van der Waals surface area contributed by atoms with Gasteiger partial charge in [0, 0.05) is 25.9 Å². The van der Waals surface area contributed by atoms with Gasteiger partial charge in [-0.1, -0.05) is 6.07 Å². The van der Waals surface area contributed by atoms with E-state index in [2.05, 4.69) is 10.3 Å². The second-order valence-corrected chi connectivity index (χ2v) is 6.90. The second-order valence-electron chi connectivity index (χ2n) is 6.90. The summed E-state index contributed by atoms with van der Waals surface area (Å²) in [5, 5.41) is 13.4. The predicted molar refractivity (Wildman–Crippen MR) is 98.7 cm³/mol. The number of benzene rings is 1. The van der Waals surface area contributed by atoms with Gasteiger partial charge in [0.1, 0.15) is 18.8 Å². The van der Waals surface area contributed by atoms with Crippen LogP contribution in [0.25, 0.3) is 11.1 Å². The van der Waals surface area contributed by atoms with E-state index < -0.39 is 5.54 Å². The summed E-state index contributed by atoms with van der Waals surface area (Å²) in [5.74, 6) is 1.49. The first-order valence-corrected chi connectivity index (χ1v) is 8.37. The van der Waals surface area contributed by atoms with Crippen molar-refractivity contribution in [2.75, 3.05) is 32.6 Å². The van der Waals surface area contributed by atoms with Crippen molar-refractivity contribution in [1.82, 2.24) is 9.88 Å². The number of nitrogens with zero attached hydrogens (tertiary/aromatic N) is 2. The molecular weight excluding hydrogens is 334 g/mol. The normalized spacial score (nSPS) is 13.2. The topological polar surface area (TPSA) is 83.9 Å². The molecule has 0 aliphatic carbocycles. The number of likely N-dealkylation sites (N-methyl/N-ethyl adjacent to an activating group) is 1. The fourth-order valence-corrected chi connectivity index (χ4v) is 2.84. The minimum Gasteiger partial charge on any atom is -0.504 e. The zero-order chi connectivity index (χ0) is 18.9. The van der Waals surface area contributed by atoms with E-state index in [1.807, 2.05) is 18.2 Å².